The van der Waals surface area contributed by atoms with Crippen LogP contribution >= 0.6 is 11.3 Å². The van der Waals surface area contributed by atoms with Gasteiger partial charge in [0.05, 0.1) is 7.11 Å². The van der Waals surface area contributed by atoms with Crippen LogP contribution in [-0.4, -0.2) is 48.0 Å². The highest BCUT2D eigenvalue weighted by Gasteiger charge is 2.51. The molecule has 1 saturated heterocycles. The summed E-state index contributed by atoms with van der Waals surface area (Å²) in [5, 5.41) is 11.2. The third-order valence-corrected chi connectivity index (χ3v) is 10.5. The van der Waals surface area contributed by atoms with E-state index in [1.165, 1.54) is 5.01 Å². The molecule has 8 heteroatoms. The van der Waals surface area contributed by atoms with E-state index in [0.29, 0.717) is 18.2 Å². The number of fused-ring (bicyclic) bond motifs is 3. The van der Waals surface area contributed by atoms with Gasteiger partial charge in [-0.05, 0) is 98.9 Å². The van der Waals surface area contributed by atoms with Crippen molar-refractivity contribution in [2.24, 2.45) is 11.3 Å². The summed E-state index contributed by atoms with van der Waals surface area (Å²) < 4.78 is 10.9. The fourth-order valence-electron chi connectivity index (χ4n) is 6.85. The molecule has 0 radical (unpaired) electrons. The second-order valence-electron chi connectivity index (χ2n) is 11.8. The van der Waals surface area contributed by atoms with Gasteiger partial charge in [0.25, 0.3) is 0 Å². The number of benzene rings is 1. The third-order valence-electron chi connectivity index (χ3n) is 9.42. The molecular weight excluding hydrogens is 508 g/mol. The monoisotopic (exact) mass is 546 g/mol. The molecule has 0 atom stereocenters. The van der Waals surface area contributed by atoms with Crippen LogP contribution in [0.3, 0.4) is 0 Å². The highest BCUT2D eigenvalue weighted by molar-refractivity contribution is 7.11. The van der Waals surface area contributed by atoms with Gasteiger partial charge in [-0.1, -0.05) is 12.1 Å². The van der Waals surface area contributed by atoms with Gasteiger partial charge in [0.2, 0.25) is 11.8 Å². The fourth-order valence-corrected chi connectivity index (χ4v) is 7.82. The summed E-state index contributed by atoms with van der Waals surface area (Å²) in [5.41, 5.74) is 3.42. The lowest BCUT2D eigenvalue weighted by Gasteiger charge is -2.53. The zero-order valence-electron chi connectivity index (χ0n) is 23.0. The van der Waals surface area contributed by atoms with E-state index >= 15 is 0 Å². The van der Waals surface area contributed by atoms with Crippen LogP contribution in [0, 0.1) is 18.3 Å². The number of hydrogen-bond acceptors (Lipinski definition) is 7. The smallest absolute Gasteiger partial charge is 0.227 e. The number of anilines is 1. The largest absolute Gasteiger partial charge is 0.481 e. The first-order valence-corrected chi connectivity index (χ1v) is 15.1. The Hall–Kier alpha value is -2.84. The Bertz CT molecular complexity index is 1290. The summed E-state index contributed by atoms with van der Waals surface area (Å²) in [6.45, 7) is 4.35. The molecule has 3 saturated carbocycles. The van der Waals surface area contributed by atoms with E-state index in [1.807, 2.05) is 19.1 Å². The highest BCUT2D eigenvalue weighted by Crippen LogP contribution is 2.58. The minimum absolute atomic E-state index is 0.155. The van der Waals surface area contributed by atoms with Crippen LogP contribution in [0.5, 0.6) is 5.88 Å². The number of hydrogen-bond donors (Lipinski definition) is 0. The van der Waals surface area contributed by atoms with Crippen molar-refractivity contribution >= 4 is 22.9 Å². The molecule has 4 fully saturated rings. The number of ether oxygens (including phenoxy) is 2. The average molecular weight is 547 g/mol. The van der Waals surface area contributed by atoms with Crippen molar-refractivity contribution in [3.05, 3.63) is 52.6 Å². The standard InChI is InChI=1S/C31H38N4O3S/c1-22-33-34-29(39-22)31-12-9-30(10-13-31,11-14-31)21-35(28(36)18-23-7-16-38-17-8-23)26-5-3-4-24(19-26)25-6-15-32-27(20-25)37-2/h3-6,15,19-20,23H,7-14,16-18,21H2,1-2H3. The van der Waals surface area contributed by atoms with Crippen molar-refractivity contribution in [3.8, 4) is 17.0 Å². The first kappa shape index (κ1) is 26.4. The zero-order chi connectivity index (χ0) is 26.9. The van der Waals surface area contributed by atoms with Crippen LogP contribution in [0.25, 0.3) is 11.1 Å². The minimum atomic E-state index is 0.155. The maximum Gasteiger partial charge on any atom is 0.227 e. The number of aryl methyl sites for hydroxylation is 1. The van der Waals surface area contributed by atoms with Gasteiger partial charge in [-0.2, -0.15) is 0 Å². The van der Waals surface area contributed by atoms with E-state index in [2.05, 4.69) is 44.3 Å². The number of carbonyl (C=O) groups excluding carboxylic acids is 1. The molecule has 39 heavy (non-hydrogen) atoms. The normalized spacial score (nSPS) is 25.0. The molecule has 1 amide bonds. The molecule has 0 spiro atoms. The van der Waals surface area contributed by atoms with Gasteiger partial charge in [0.15, 0.2) is 0 Å². The van der Waals surface area contributed by atoms with Crippen molar-refractivity contribution in [1.29, 1.82) is 0 Å². The number of nitrogens with zero attached hydrogens (tertiary/aromatic N) is 4. The molecule has 7 rings (SSSR count). The molecular formula is C31H38N4O3S. The predicted octanol–water partition coefficient (Wildman–Crippen LogP) is 6.36. The lowest BCUT2D eigenvalue weighted by molar-refractivity contribution is -0.120. The molecule has 2 bridgehead atoms. The Morgan fingerprint density at radius 1 is 1.05 bits per heavy atom. The molecule has 3 aliphatic carbocycles. The average Bonchev–Trinajstić information content (AvgIpc) is 3.44. The van der Waals surface area contributed by atoms with Crippen molar-refractivity contribution in [2.45, 2.75) is 70.1 Å². The Labute approximate surface area is 235 Å². The van der Waals surface area contributed by atoms with Crippen LogP contribution in [0.15, 0.2) is 42.6 Å². The van der Waals surface area contributed by atoms with Gasteiger partial charge in [0.1, 0.15) is 10.0 Å². The maximum atomic E-state index is 14.0. The summed E-state index contributed by atoms with van der Waals surface area (Å²) in [5.74, 6) is 1.22. The van der Waals surface area contributed by atoms with Crippen molar-refractivity contribution in [1.82, 2.24) is 15.2 Å². The van der Waals surface area contributed by atoms with E-state index in [-0.39, 0.29) is 16.7 Å². The van der Waals surface area contributed by atoms with Crippen LogP contribution in [-0.2, 0) is 14.9 Å². The van der Waals surface area contributed by atoms with Gasteiger partial charge < -0.3 is 14.4 Å². The molecule has 7 nitrogen and oxygen atoms in total. The third kappa shape index (κ3) is 5.46. The Kier molecular flexibility index (Phi) is 7.42. The molecule has 2 aromatic heterocycles. The van der Waals surface area contributed by atoms with Gasteiger partial charge in [-0.3, -0.25) is 4.79 Å². The molecule has 3 aromatic rings. The molecule has 0 N–H and O–H groups in total. The second kappa shape index (κ2) is 11.0. The SMILES string of the molecule is COc1cc(-c2cccc(N(CC34CCC(c5nnc(C)s5)(CC3)CC4)C(=O)CC3CCOCC3)c2)ccn1. The van der Waals surface area contributed by atoms with E-state index in [9.17, 15) is 4.79 Å². The molecule has 3 heterocycles. The predicted molar refractivity (Wildman–Crippen MR) is 153 cm³/mol. The Balaban J connectivity index is 1.27. The van der Waals surface area contributed by atoms with Crippen LogP contribution < -0.4 is 9.64 Å². The lowest BCUT2D eigenvalue weighted by Crippen LogP contribution is -2.51. The van der Waals surface area contributed by atoms with Gasteiger partial charge in [-0.15, -0.1) is 21.5 Å². The quantitative estimate of drug-likeness (QED) is 0.327. The zero-order valence-corrected chi connectivity index (χ0v) is 23.8. The molecule has 1 aliphatic heterocycles. The Morgan fingerprint density at radius 2 is 1.79 bits per heavy atom. The van der Waals surface area contributed by atoms with Crippen molar-refractivity contribution in [2.75, 3.05) is 31.8 Å². The number of aromatic nitrogens is 3. The summed E-state index contributed by atoms with van der Waals surface area (Å²) in [6.07, 6.45) is 11.1. The van der Waals surface area contributed by atoms with Crippen LogP contribution in [0.2, 0.25) is 0 Å². The van der Waals surface area contributed by atoms with Crippen LogP contribution in [0.4, 0.5) is 5.69 Å². The van der Waals surface area contributed by atoms with Crippen LogP contribution in [0.1, 0.15) is 67.8 Å². The molecule has 0 unspecified atom stereocenters. The van der Waals surface area contributed by atoms with E-state index in [0.717, 1.165) is 92.9 Å². The number of rotatable bonds is 8. The number of carbonyl (C=O) groups is 1. The molecule has 206 valence electrons. The first-order valence-electron chi connectivity index (χ1n) is 14.3. The van der Waals surface area contributed by atoms with E-state index in [4.69, 9.17) is 9.47 Å². The van der Waals surface area contributed by atoms with E-state index < -0.39 is 0 Å². The highest BCUT2D eigenvalue weighted by atomic mass is 32.1. The topological polar surface area (TPSA) is 77.4 Å². The fraction of sp³-hybridized carbons (Fsp3) is 0.548. The summed E-state index contributed by atoms with van der Waals surface area (Å²) in [4.78, 5) is 20.4. The van der Waals surface area contributed by atoms with Gasteiger partial charge >= 0.3 is 0 Å². The number of methoxy groups -OCH3 is 1. The summed E-state index contributed by atoms with van der Waals surface area (Å²) in [7, 11) is 1.63. The van der Waals surface area contributed by atoms with Gasteiger partial charge in [-0.25, -0.2) is 4.98 Å². The Morgan fingerprint density at radius 3 is 2.49 bits per heavy atom. The van der Waals surface area contributed by atoms with E-state index in [1.54, 1.807) is 24.6 Å². The first-order chi connectivity index (χ1) is 19.0. The molecule has 1 aromatic carbocycles. The second-order valence-corrected chi connectivity index (χ2v) is 13.0. The number of amides is 1. The molecule has 4 aliphatic rings. The number of pyridine rings is 1. The summed E-state index contributed by atoms with van der Waals surface area (Å²) >= 11 is 1.77. The van der Waals surface area contributed by atoms with Crippen molar-refractivity contribution < 1.29 is 14.3 Å². The van der Waals surface area contributed by atoms with Gasteiger partial charge in [0, 0.05) is 49.5 Å². The minimum Gasteiger partial charge on any atom is -0.481 e. The van der Waals surface area contributed by atoms with Crippen molar-refractivity contribution in [3.63, 3.8) is 0 Å². The maximum absolute atomic E-state index is 14.0. The summed E-state index contributed by atoms with van der Waals surface area (Å²) in [6, 6.07) is 12.4. The lowest BCUT2D eigenvalue weighted by atomic mass is 9.53.